The standard InChI is InChI=1S/C13H14FNO4S/c1-8(2)20(17,18)19-12-7-15(3)11-6-9(14)4-5-10(11)13(12)16/h4-8H,1-3H3. The zero-order valence-electron chi connectivity index (χ0n) is 11.3. The molecule has 0 spiro atoms. The van der Waals surface area contributed by atoms with Crippen molar-refractivity contribution in [1.29, 1.82) is 0 Å². The van der Waals surface area contributed by atoms with Crippen molar-refractivity contribution in [2.24, 2.45) is 7.05 Å². The van der Waals surface area contributed by atoms with Gasteiger partial charge in [0.1, 0.15) is 5.82 Å². The van der Waals surface area contributed by atoms with Crippen LogP contribution >= 0.6 is 0 Å². The van der Waals surface area contributed by atoms with Gasteiger partial charge in [-0.1, -0.05) is 0 Å². The van der Waals surface area contributed by atoms with Gasteiger partial charge >= 0.3 is 10.1 Å². The summed E-state index contributed by atoms with van der Waals surface area (Å²) >= 11 is 0. The van der Waals surface area contributed by atoms with Crippen LogP contribution in [0.3, 0.4) is 0 Å². The van der Waals surface area contributed by atoms with Gasteiger partial charge in [0.15, 0.2) is 0 Å². The van der Waals surface area contributed by atoms with Crippen molar-refractivity contribution in [3.05, 3.63) is 40.4 Å². The number of halogens is 1. The fourth-order valence-electron chi connectivity index (χ4n) is 1.71. The SMILES string of the molecule is CC(C)S(=O)(=O)Oc1cn(C)c2cc(F)ccc2c1=O. The molecule has 2 aromatic rings. The lowest BCUT2D eigenvalue weighted by Crippen LogP contribution is -2.23. The van der Waals surface area contributed by atoms with Crippen molar-refractivity contribution in [3.8, 4) is 5.75 Å². The van der Waals surface area contributed by atoms with Crippen molar-refractivity contribution in [2.45, 2.75) is 19.1 Å². The van der Waals surface area contributed by atoms with Crippen LogP contribution in [0.4, 0.5) is 4.39 Å². The third-order valence-electron chi connectivity index (χ3n) is 2.90. The molecule has 0 radical (unpaired) electrons. The average Bonchev–Trinajstić information content (AvgIpc) is 2.35. The highest BCUT2D eigenvalue weighted by Crippen LogP contribution is 2.18. The van der Waals surface area contributed by atoms with Crippen LogP contribution in [0.1, 0.15) is 13.8 Å². The third kappa shape index (κ3) is 2.53. The van der Waals surface area contributed by atoms with Gasteiger partial charge in [0, 0.05) is 12.4 Å². The second-order valence-corrected chi connectivity index (χ2v) is 6.81. The second-order valence-electron chi connectivity index (χ2n) is 4.72. The summed E-state index contributed by atoms with van der Waals surface area (Å²) in [5.74, 6) is -0.767. The van der Waals surface area contributed by atoms with Gasteiger partial charge in [0.2, 0.25) is 11.2 Å². The van der Waals surface area contributed by atoms with E-state index in [1.54, 1.807) is 7.05 Å². The molecular formula is C13H14FNO4S. The van der Waals surface area contributed by atoms with E-state index in [0.29, 0.717) is 5.52 Å². The molecule has 0 aliphatic carbocycles. The van der Waals surface area contributed by atoms with Gasteiger partial charge in [-0.25, -0.2) is 4.39 Å². The van der Waals surface area contributed by atoms with Crippen molar-refractivity contribution in [2.75, 3.05) is 0 Å². The van der Waals surface area contributed by atoms with Crippen LogP contribution < -0.4 is 9.61 Å². The lowest BCUT2D eigenvalue weighted by atomic mass is 10.2. The van der Waals surface area contributed by atoms with Crippen LogP contribution in [-0.4, -0.2) is 18.2 Å². The van der Waals surface area contributed by atoms with Gasteiger partial charge in [0.05, 0.1) is 17.0 Å². The molecule has 0 aliphatic heterocycles. The molecule has 0 atom stereocenters. The highest BCUT2D eigenvalue weighted by molar-refractivity contribution is 7.87. The Bertz CT molecular complexity index is 824. The zero-order valence-corrected chi connectivity index (χ0v) is 12.1. The van der Waals surface area contributed by atoms with Crippen LogP contribution in [0, 0.1) is 5.82 Å². The smallest absolute Gasteiger partial charge is 0.311 e. The summed E-state index contributed by atoms with van der Waals surface area (Å²) in [5, 5.41) is -0.568. The van der Waals surface area contributed by atoms with Crippen molar-refractivity contribution in [1.82, 2.24) is 4.57 Å². The summed E-state index contributed by atoms with van der Waals surface area (Å²) < 4.78 is 42.9. The second kappa shape index (κ2) is 4.90. The first kappa shape index (κ1) is 14.5. The van der Waals surface area contributed by atoms with Crippen LogP contribution in [0.15, 0.2) is 29.2 Å². The van der Waals surface area contributed by atoms with E-state index in [0.717, 1.165) is 6.07 Å². The quantitative estimate of drug-likeness (QED) is 0.811. The number of hydrogen-bond donors (Lipinski definition) is 0. The van der Waals surface area contributed by atoms with E-state index in [2.05, 4.69) is 0 Å². The Balaban J connectivity index is 2.66. The first-order valence-corrected chi connectivity index (χ1v) is 7.41. The van der Waals surface area contributed by atoms with Crippen LogP contribution in [0.25, 0.3) is 10.9 Å². The van der Waals surface area contributed by atoms with Gasteiger partial charge < -0.3 is 8.75 Å². The number of aromatic nitrogens is 1. The molecule has 1 aromatic carbocycles. The molecule has 0 saturated carbocycles. The van der Waals surface area contributed by atoms with E-state index >= 15 is 0 Å². The summed E-state index contributed by atoms with van der Waals surface area (Å²) in [6.07, 6.45) is 1.24. The number of rotatable bonds is 3. The zero-order chi connectivity index (χ0) is 15.1. The number of fused-ring (bicyclic) bond motifs is 1. The van der Waals surface area contributed by atoms with Crippen LogP contribution in [-0.2, 0) is 17.2 Å². The number of aryl methyl sites for hydroxylation is 1. The molecule has 7 heteroatoms. The summed E-state index contributed by atoms with van der Waals surface area (Å²) in [4.78, 5) is 12.2. The molecule has 1 aromatic heterocycles. The fraction of sp³-hybridized carbons (Fsp3) is 0.308. The first-order chi connectivity index (χ1) is 9.22. The maximum atomic E-state index is 13.2. The Kier molecular flexibility index (Phi) is 3.56. The lowest BCUT2D eigenvalue weighted by Gasteiger charge is -2.12. The van der Waals surface area contributed by atoms with E-state index in [-0.39, 0.29) is 11.1 Å². The highest BCUT2D eigenvalue weighted by Gasteiger charge is 2.21. The van der Waals surface area contributed by atoms with E-state index in [1.807, 2.05) is 0 Å². The molecule has 20 heavy (non-hydrogen) atoms. The maximum absolute atomic E-state index is 13.2. The van der Waals surface area contributed by atoms with Crippen molar-refractivity contribution >= 4 is 21.0 Å². The lowest BCUT2D eigenvalue weighted by molar-refractivity contribution is 0.473. The Morgan fingerprint density at radius 2 is 1.95 bits per heavy atom. The molecule has 0 bridgehead atoms. The topological polar surface area (TPSA) is 65.4 Å². The molecule has 5 nitrogen and oxygen atoms in total. The van der Waals surface area contributed by atoms with Crippen molar-refractivity contribution in [3.63, 3.8) is 0 Å². The third-order valence-corrected chi connectivity index (χ3v) is 4.47. The Morgan fingerprint density at radius 3 is 2.55 bits per heavy atom. The minimum atomic E-state index is -3.85. The minimum absolute atomic E-state index is 0.199. The minimum Gasteiger partial charge on any atom is -0.376 e. The number of pyridine rings is 1. The molecule has 0 amide bonds. The number of benzene rings is 1. The summed E-state index contributed by atoms with van der Waals surface area (Å²) in [6.45, 7) is 2.91. The molecule has 0 aliphatic rings. The average molecular weight is 299 g/mol. The molecule has 1 heterocycles. The van der Waals surface area contributed by atoms with Gasteiger partial charge in [-0.05, 0) is 32.0 Å². The maximum Gasteiger partial charge on any atom is 0.311 e. The molecule has 0 saturated heterocycles. The predicted molar refractivity (Wildman–Crippen MR) is 73.8 cm³/mol. The Labute approximate surface area is 115 Å². The summed E-state index contributed by atoms with van der Waals surface area (Å²) in [5.41, 5.74) is -0.216. The van der Waals surface area contributed by atoms with E-state index in [9.17, 15) is 17.6 Å². The normalized spacial score (nSPS) is 12.1. The van der Waals surface area contributed by atoms with Gasteiger partial charge in [-0.2, -0.15) is 8.42 Å². The largest absolute Gasteiger partial charge is 0.376 e. The fourth-order valence-corrected chi connectivity index (χ4v) is 2.27. The van der Waals surface area contributed by atoms with Gasteiger partial charge in [-0.15, -0.1) is 0 Å². The van der Waals surface area contributed by atoms with Gasteiger partial charge in [-0.3, -0.25) is 4.79 Å². The van der Waals surface area contributed by atoms with Crippen LogP contribution in [0.5, 0.6) is 5.75 Å². The van der Waals surface area contributed by atoms with Crippen LogP contribution in [0.2, 0.25) is 0 Å². The summed E-state index contributed by atoms with van der Waals surface area (Å²) in [6, 6.07) is 3.66. The van der Waals surface area contributed by atoms with E-state index < -0.39 is 26.6 Å². The van der Waals surface area contributed by atoms with E-state index in [4.69, 9.17) is 4.18 Å². The molecular weight excluding hydrogens is 285 g/mol. The molecule has 0 unspecified atom stereocenters. The van der Waals surface area contributed by atoms with E-state index in [1.165, 1.54) is 36.7 Å². The van der Waals surface area contributed by atoms with Gasteiger partial charge in [0.25, 0.3) is 0 Å². The molecule has 108 valence electrons. The highest BCUT2D eigenvalue weighted by atomic mass is 32.2. The Morgan fingerprint density at radius 1 is 1.30 bits per heavy atom. The summed E-state index contributed by atoms with van der Waals surface area (Å²) in [7, 11) is -2.28. The van der Waals surface area contributed by atoms with Crippen molar-refractivity contribution < 1.29 is 17.0 Å². The molecule has 0 N–H and O–H groups in total. The Hall–Kier alpha value is -1.89. The number of hydrogen-bond acceptors (Lipinski definition) is 4. The molecule has 0 fully saturated rings. The number of nitrogens with zero attached hydrogens (tertiary/aromatic N) is 1. The first-order valence-electron chi connectivity index (χ1n) is 5.94. The monoisotopic (exact) mass is 299 g/mol. The molecule has 2 rings (SSSR count). The predicted octanol–water partition coefficient (Wildman–Crippen LogP) is 1.79.